The molecule has 8 nitrogen and oxygen atoms in total. The predicted octanol–water partition coefficient (Wildman–Crippen LogP) is 0.354. The average Bonchev–Trinajstić information content (AvgIpc) is 2.99. The summed E-state index contributed by atoms with van der Waals surface area (Å²) in [5.41, 5.74) is 1.15. The Labute approximate surface area is 159 Å². The van der Waals surface area contributed by atoms with Crippen LogP contribution in [0.2, 0.25) is 0 Å². The minimum absolute atomic E-state index is 0.0451. The van der Waals surface area contributed by atoms with E-state index in [9.17, 15) is 9.59 Å². The molecule has 144 valence electrons. The van der Waals surface area contributed by atoms with E-state index in [1.54, 1.807) is 23.6 Å². The van der Waals surface area contributed by atoms with Gasteiger partial charge in [-0.2, -0.15) is 5.10 Å². The summed E-state index contributed by atoms with van der Waals surface area (Å²) in [6, 6.07) is 9.69. The molecule has 1 aliphatic rings. The van der Waals surface area contributed by atoms with Crippen LogP contribution in [-0.4, -0.2) is 69.1 Å². The topological polar surface area (TPSA) is 83.4 Å². The van der Waals surface area contributed by atoms with Gasteiger partial charge < -0.3 is 10.2 Å². The van der Waals surface area contributed by atoms with E-state index in [0.29, 0.717) is 37.8 Å². The van der Waals surface area contributed by atoms with E-state index in [-0.39, 0.29) is 24.4 Å². The number of aryl methyl sites for hydroxylation is 2. The van der Waals surface area contributed by atoms with Gasteiger partial charge in [-0.25, -0.2) is 9.67 Å². The number of carbonyl (C=O) groups excluding carboxylic acids is 2. The zero-order valence-corrected chi connectivity index (χ0v) is 16.1. The van der Waals surface area contributed by atoms with Crippen molar-refractivity contribution in [2.45, 2.75) is 33.0 Å². The minimum Gasteiger partial charge on any atom is -0.358 e. The maximum Gasteiger partial charge on any atom is 0.244 e. The third kappa shape index (κ3) is 4.51. The van der Waals surface area contributed by atoms with E-state index in [0.717, 1.165) is 5.56 Å². The maximum absolute atomic E-state index is 12.7. The molecule has 1 aromatic heterocycles. The second-order valence-corrected chi connectivity index (χ2v) is 6.79. The van der Waals surface area contributed by atoms with E-state index >= 15 is 0 Å². The van der Waals surface area contributed by atoms with Crippen LogP contribution in [0.25, 0.3) is 0 Å². The molecule has 1 aromatic carbocycles. The van der Waals surface area contributed by atoms with Crippen LogP contribution in [0.3, 0.4) is 0 Å². The van der Waals surface area contributed by atoms with Crippen LogP contribution in [-0.2, 0) is 22.7 Å². The van der Waals surface area contributed by atoms with Crippen LogP contribution in [0.4, 0.5) is 0 Å². The van der Waals surface area contributed by atoms with Gasteiger partial charge in [-0.1, -0.05) is 30.3 Å². The summed E-state index contributed by atoms with van der Waals surface area (Å²) >= 11 is 0. The molecule has 0 radical (unpaired) electrons. The van der Waals surface area contributed by atoms with Crippen molar-refractivity contribution in [3.05, 3.63) is 47.5 Å². The van der Waals surface area contributed by atoms with Gasteiger partial charge in [0.25, 0.3) is 0 Å². The third-order valence-corrected chi connectivity index (χ3v) is 4.87. The Hall–Kier alpha value is -2.74. The first kappa shape index (κ1) is 19.0. The van der Waals surface area contributed by atoms with Crippen molar-refractivity contribution < 1.29 is 9.59 Å². The van der Waals surface area contributed by atoms with Crippen molar-refractivity contribution in [2.75, 3.05) is 26.7 Å². The second kappa shape index (κ2) is 8.30. The monoisotopic (exact) mass is 370 g/mol. The van der Waals surface area contributed by atoms with Crippen molar-refractivity contribution in [1.29, 1.82) is 0 Å². The highest BCUT2D eigenvalue weighted by molar-refractivity contribution is 5.83. The van der Waals surface area contributed by atoms with Crippen molar-refractivity contribution in [3.63, 3.8) is 0 Å². The lowest BCUT2D eigenvalue weighted by Gasteiger charge is -2.40. The van der Waals surface area contributed by atoms with Crippen molar-refractivity contribution in [3.8, 4) is 0 Å². The lowest BCUT2D eigenvalue weighted by Crippen LogP contribution is -2.59. The molecule has 2 aromatic rings. The van der Waals surface area contributed by atoms with Crippen molar-refractivity contribution in [2.24, 2.45) is 0 Å². The summed E-state index contributed by atoms with van der Waals surface area (Å²) in [4.78, 5) is 33.3. The predicted molar refractivity (Wildman–Crippen MR) is 101 cm³/mol. The average molecular weight is 370 g/mol. The van der Waals surface area contributed by atoms with Crippen LogP contribution >= 0.6 is 0 Å². The first-order chi connectivity index (χ1) is 13.0. The van der Waals surface area contributed by atoms with E-state index < -0.39 is 0 Å². The molecule has 2 heterocycles. The Morgan fingerprint density at radius 3 is 2.56 bits per heavy atom. The fourth-order valence-corrected chi connectivity index (χ4v) is 3.41. The molecule has 27 heavy (non-hydrogen) atoms. The van der Waals surface area contributed by atoms with Gasteiger partial charge in [-0.15, -0.1) is 0 Å². The fourth-order valence-electron chi connectivity index (χ4n) is 3.41. The van der Waals surface area contributed by atoms with E-state index in [1.165, 1.54) is 0 Å². The number of amides is 2. The molecule has 1 saturated heterocycles. The van der Waals surface area contributed by atoms with Gasteiger partial charge in [0.15, 0.2) is 0 Å². The molecule has 0 spiro atoms. The second-order valence-electron chi connectivity index (χ2n) is 6.79. The zero-order valence-electron chi connectivity index (χ0n) is 16.1. The lowest BCUT2D eigenvalue weighted by atomic mass is 10.1. The maximum atomic E-state index is 12.7. The number of piperazine rings is 1. The van der Waals surface area contributed by atoms with E-state index in [1.807, 2.05) is 37.3 Å². The molecule has 1 atom stereocenters. The number of nitrogens with zero attached hydrogens (tertiary/aromatic N) is 5. The SMILES string of the molecule is CNC(=O)[C@@H]1CN(C(=O)Cn2nc(C)nc2C)CCN1Cc1ccccc1. The minimum atomic E-state index is -0.369. The molecule has 0 unspecified atom stereocenters. The van der Waals surface area contributed by atoms with Gasteiger partial charge in [0.2, 0.25) is 11.8 Å². The molecule has 1 N–H and O–H groups in total. The summed E-state index contributed by atoms with van der Waals surface area (Å²) in [6.07, 6.45) is 0. The zero-order chi connectivity index (χ0) is 19.4. The number of hydrogen-bond acceptors (Lipinski definition) is 5. The van der Waals surface area contributed by atoms with Gasteiger partial charge in [0, 0.05) is 33.2 Å². The van der Waals surface area contributed by atoms with Crippen molar-refractivity contribution >= 4 is 11.8 Å². The van der Waals surface area contributed by atoms with Gasteiger partial charge in [0.1, 0.15) is 24.2 Å². The highest BCUT2D eigenvalue weighted by Crippen LogP contribution is 2.15. The van der Waals surface area contributed by atoms with Crippen LogP contribution < -0.4 is 5.32 Å². The highest BCUT2D eigenvalue weighted by Gasteiger charge is 2.34. The largest absolute Gasteiger partial charge is 0.358 e. The molecule has 8 heteroatoms. The van der Waals surface area contributed by atoms with Gasteiger partial charge in [-0.05, 0) is 19.4 Å². The third-order valence-electron chi connectivity index (χ3n) is 4.87. The van der Waals surface area contributed by atoms with Crippen LogP contribution in [0.5, 0.6) is 0 Å². The smallest absolute Gasteiger partial charge is 0.244 e. The molecule has 2 amide bonds. The van der Waals surface area contributed by atoms with Crippen LogP contribution in [0, 0.1) is 13.8 Å². The van der Waals surface area contributed by atoms with Gasteiger partial charge in [0.05, 0.1) is 0 Å². The number of carbonyl (C=O) groups is 2. The Bertz CT molecular complexity index is 804. The van der Waals surface area contributed by atoms with Crippen molar-refractivity contribution in [1.82, 2.24) is 29.9 Å². The van der Waals surface area contributed by atoms with Gasteiger partial charge in [-0.3, -0.25) is 14.5 Å². The van der Waals surface area contributed by atoms with Crippen LogP contribution in [0.1, 0.15) is 17.2 Å². The number of rotatable bonds is 5. The summed E-state index contributed by atoms with van der Waals surface area (Å²) < 4.78 is 1.61. The van der Waals surface area contributed by atoms with E-state index in [2.05, 4.69) is 20.3 Å². The Morgan fingerprint density at radius 2 is 1.93 bits per heavy atom. The molecule has 1 aliphatic heterocycles. The number of nitrogens with one attached hydrogen (secondary N) is 1. The molecular formula is C19H26N6O2. The molecule has 0 bridgehead atoms. The standard InChI is InChI=1S/C19H26N6O2/c1-14-21-15(2)25(22-14)13-18(26)24-10-9-23(17(12-24)19(27)20-3)11-16-7-5-4-6-8-16/h4-8,17H,9-13H2,1-3H3,(H,20,27)/t17-/m0/s1. The summed E-state index contributed by atoms with van der Waals surface area (Å²) in [5.74, 6) is 1.25. The first-order valence-corrected chi connectivity index (χ1v) is 9.13. The molecule has 0 saturated carbocycles. The number of aromatic nitrogens is 3. The molecule has 3 rings (SSSR count). The van der Waals surface area contributed by atoms with Gasteiger partial charge >= 0.3 is 0 Å². The number of hydrogen-bond donors (Lipinski definition) is 1. The quantitative estimate of drug-likeness (QED) is 0.821. The fraction of sp³-hybridized carbons (Fsp3) is 0.474. The molecular weight excluding hydrogens is 344 g/mol. The molecule has 0 aliphatic carbocycles. The number of likely N-dealkylation sites (N-methyl/N-ethyl adjacent to an activating group) is 1. The summed E-state index contributed by atoms with van der Waals surface area (Å²) in [5, 5.41) is 6.98. The van der Waals surface area contributed by atoms with Crippen LogP contribution in [0.15, 0.2) is 30.3 Å². The summed E-state index contributed by atoms with van der Waals surface area (Å²) in [6.45, 7) is 6.07. The normalized spacial score (nSPS) is 17.7. The Kier molecular flexibility index (Phi) is 5.85. The lowest BCUT2D eigenvalue weighted by molar-refractivity contribution is -0.139. The highest BCUT2D eigenvalue weighted by atomic mass is 16.2. The molecule has 1 fully saturated rings. The first-order valence-electron chi connectivity index (χ1n) is 9.13. The number of benzene rings is 1. The van der Waals surface area contributed by atoms with E-state index in [4.69, 9.17) is 0 Å². The Morgan fingerprint density at radius 1 is 1.19 bits per heavy atom. The summed E-state index contributed by atoms with van der Waals surface area (Å²) in [7, 11) is 1.63. The Balaban J connectivity index is 1.69.